The Morgan fingerprint density at radius 3 is 2.86 bits per heavy atom. The summed E-state index contributed by atoms with van der Waals surface area (Å²) in [6.07, 6.45) is 0.588. The first-order valence-electron chi connectivity index (χ1n) is 6.55. The Morgan fingerprint density at radius 2 is 2.18 bits per heavy atom. The van der Waals surface area contributed by atoms with Gasteiger partial charge in [0, 0.05) is 10.2 Å². The van der Waals surface area contributed by atoms with Gasteiger partial charge in [-0.1, -0.05) is 33.4 Å². The maximum Gasteiger partial charge on any atom is 0.352 e. The molecule has 1 N–H and O–H groups in total. The zero-order valence-electron chi connectivity index (χ0n) is 12.1. The molecular formula is C14H14BrN3O3S. The molecule has 0 spiro atoms. The molecule has 6 nitrogen and oxygen atoms in total. The number of benzene rings is 1. The van der Waals surface area contributed by atoms with Crippen LogP contribution in [0, 0.1) is 6.92 Å². The van der Waals surface area contributed by atoms with Crippen molar-refractivity contribution in [1.82, 2.24) is 9.59 Å². The van der Waals surface area contributed by atoms with Crippen LogP contribution in [0.4, 0.5) is 5.69 Å². The van der Waals surface area contributed by atoms with Gasteiger partial charge >= 0.3 is 5.97 Å². The van der Waals surface area contributed by atoms with E-state index in [1.54, 1.807) is 12.1 Å². The number of carbonyl (C=O) groups excluding carboxylic acids is 2. The van der Waals surface area contributed by atoms with Gasteiger partial charge < -0.3 is 10.1 Å². The summed E-state index contributed by atoms with van der Waals surface area (Å²) >= 11 is 4.36. The largest absolute Gasteiger partial charge is 0.451 e. The fraction of sp³-hybridized carbons (Fsp3) is 0.286. The first-order chi connectivity index (χ1) is 10.5. The Kier molecular flexibility index (Phi) is 5.62. The molecule has 0 bridgehead atoms. The predicted molar refractivity (Wildman–Crippen MR) is 87.1 cm³/mol. The molecule has 1 aromatic carbocycles. The summed E-state index contributed by atoms with van der Waals surface area (Å²) in [4.78, 5) is 24.0. The van der Waals surface area contributed by atoms with E-state index < -0.39 is 11.9 Å². The van der Waals surface area contributed by atoms with Gasteiger partial charge in [0.1, 0.15) is 0 Å². The summed E-state index contributed by atoms with van der Waals surface area (Å²) in [5, 5.41) is 6.50. The van der Waals surface area contributed by atoms with Crippen LogP contribution in [-0.4, -0.2) is 28.1 Å². The van der Waals surface area contributed by atoms with Crippen molar-refractivity contribution in [2.24, 2.45) is 0 Å². The van der Waals surface area contributed by atoms with E-state index >= 15 is 0 Å². The van der Waals surface area contributed by atoms with Crippen molar-refractivity contribution in [3.63, 3.8) is 0 Å². The van der Waals surface area contributed by atoms with Gasteiger partial charge in [-0.05, 0) is 42.6 Å². The van der Waals surface area contributed by atoms with Crippen LogP contribution >= 0.6 is 27.5 Å². The highest BCUT2D eigenvalue weighted by molar-refractivity contribution is 9.10. The van der Waals surface area contributed by atoms with Crippen LogP contribution in [0.15, 0.2) is 22.7 Å². The third-order valence-electron chi connectivity index (χ3n) is 2.87. The third kappa shape index (κ3) is 4.11. The lowest BCUT2D eigenvalue weighted by atomic mass is 10.2. The van der Waals surface area contributed by atoms with Gasteiger partial charge in [-0.25, -0.2) is 4.79 Å². The zero-order chi connectivity index (χ0) is 16.1. The van der Waals surface area contributed by atoms with Crippen LogP contribution in [0.1, 0.15) is 27.9 Å². The van der Waals surface area contributed by atoms with Crippen molar-refractivity contribution >= 4 is 45.0 Å². The lowest BCUT2D eigenvalue weighted by Crippen LogP contribution is -2.21. The summed E-state index contributed by atoms with van der Waals surface area (Å²) < 4.78 is 9.59. The molecule has 0 saturated carbocycles. The van der Waals surface area contributed by atoms with Gasteiger partial charge in [-0.15, -0.1) is 5.10 Å². The number of amides is 1. The summed E-state index contributed by atoms with van der Waals surface area (Å²) in [6.45, 7) is 3.47. The molecule has 0 aliphatic rings. The van der Waals surface area contributed by atoms with Crippen molar-refractivity contribution < 1.29 is 14.3 Å². The second kappa shape index (κ2) is 7.46. The fourth-order valence-corrected chi connectivity index (χ4v) is 2.68. The molecule has 0 aliphatic carbocycles. The van der Waals surface area contributed by atoms with E-state index in [0.717, 1.165) is 21.6 Å². The van der Waals surface area contributed by atoms with E-state index in [0.29, 0.717) is 22.7 Å². The standard InChI is InChI=1S/C14H14BrN3O3S/c1-3-11-13(22-18-17-11)14(20)21-7-12(19)16-9-5-4-8(2)10(15)6-9/h4-6H,3,7H2,1-2H3,(H,16,19). The highest BCUT2D eigenvalue weighted by Crippen LogP contribution is 2.20. The lowest BCUT2D eigenvalue weighted by molar-refractivity contribution is -0.119. The summed E-state index contributed by atoms with van der Waals surface area (Å²) in [7, 11) is 0. The number of nitrogens with one attached hydrogen (secondary N) is 1. The number of halogens is 1. The molecule has 0 fully saturated rings. The number of hydrogen-bond acceptors (Lipinski definition) is 6. The van der Waals surface area contributed by atoms with E-state index in [-0.39, 0.29) is 6.61 Å². The van der Waals surface area contributed by atoms with Gasteiger partial charge in [0.05, 0.1) is 5.69 Å². The molecule has 0 aliphatic heterocycles. The minimum absolute atomic E-state index is 0.341. The maximum atomic E-state index is 11.9. The molecule has 1 aromatic heterocycles. The molecule has 2 aromatic rings. The number of aryl methyl sites for hydroxylation is 2. The SMILES string of the molecule is CCc1nnsc1C(=O)OCC(=O)Nc1ccc(C)c(Br)c1. The lowest BCUT2D eigenvalue weighted by Gasteiger charge is -2.07. The molecule has 0 unspecified atom stereocenters. The van der Waals surface area contributed by atoms with Crippen molar-refractivity contribution in [3.8, 4) is 0 Å². The second-order valence-electron chi connectivity index (χ2n) is 4.49. The van der Waals surface area contributed by atoms with Gasteiger partial charge in [0.2, 0.25) is 0 Å². The van der Waals surface area contributed by atoms with Crippen LogP contribution < -0.4 is 5.32 Å². The fourth-order valence-electron chi connectivity index (χ4n) is 1.66. The normalized spacial score (nSPS) is 10.3. The average Bonchev–Trinajstić information content (AvgIpc) is 2.97. The van der Waals surface area contributed by atoms with Crippen LogP contribution in [0.2, 0.25) is 0 Å². The predicted octanol–water partition coefficient (Wildman–Crippen LogP) is 2.97. The number of aromatic nitrogens is 2. The van der Waals surface area contributed by atoms with Gasteiger partial charge in [-0.2, -0.15) is 0 Å². The highest BCUT2D eigenvalue weighted by atomic mass is 79.9. The van der Waals surface area contributed by atoms with Crippen molar-refractivity contribution in [1.29, 1.82) is 0 Å². The molecule has 0 atom stereocenters. The van der Waals surface area contributed by atoms with Crippen LogP contribution in [0.3, 0.4) is 0 Å². The Balaban J connectivity index is 1.90. The van der Waals surface area contributed by atoms with Gasteiger partial charge in [-0.3, -0.25) is 4.79 Å². The van der Waals surface area contributed by atoms with E-state index in [1.807, 2.05) is 19.9 Å². The number of carbonyl (C=O) groups is 2. The molecule has 2 rings (SSSR count). The summed E-state index contributed by atoms with van der Waals surface area (Å²) in [5.41, 5.74) is 2.28. The minimum Gasteiger partial charge on any atom is -0.451 e. The van der Waals surface area contributed by atoms with Gasteiger partial charge in [0.25, 0.3) is 5.91 Å². The molecule has 1 amide bonds. The number of anilines is 1. The first kappa shape index (κ1) is 16.6. The Hall–Kier alpha value is -1.80. The average molecular weight is 384 g/mol. The van der Waals surface area contributed by atoms with Crippen molar-refractivity contribution in [3.05, 3.63) is 38.8 Å². The Morgan fingerprint density at radius 1 is 1.41 bits per heavy atom. The number of rotatable bonds is 5. The molecule has 8 heteroatoms. The van der Waals surface area contributed by atoms with Crippen molar-refractivity contribution in [2.75, 3.05) is 11.9 Å². The number of hydrogen-bond donors (Lipinski definition) is 1. The van der Waals surface area contributed by atoms with Crippen LogP contribution in [0.25, 0.3) is 0 Å². The smallest absolute Gasteiger partial charge is 0.352 e. The highest BCUT2D eigenvalue weighted by Gasteiger charge is 2.17. The molecule has 0 radical (unpaired) electrons. The molecule has 1 heterocycles. The molecule has 22 heavy (non-hydrogen) atoms. The quantitative estimate of drug-likeness (QED) is 0.802. The summed E-state index contributed by atoms with van der Waals surface area (Å²) in [5.74, 6) is -0.980. The summed E-state index contributed by atoms with van der Waals surface area (Å²) in [6, 6.07) is 5.45. The number of nitrogens with zero attached hydrogens (tertiary/aromatic N) is 2. The maximum absolute atomic E-state index is 11.9. The molecular weight excluding hydrogens is 370 g/mol. The van der Waals surface area contributed by atoms with E-state index in [2.05, 4.69) is 30.8 Å². The van der Waals surface area contributed by atoms with Crippen LogP contribution in [-0.2, 0) is 16.0 Å². The Labute approximate surface area is 140 Å². The number of esters is 1. The van der Waals surface area contributed by atoms with Crippen LogP contribution in [0.5, 0.6) is 0 Å². The third-order valence-corrected chi connectivity index (χ3v) is 4.47. The minimum atomic E-state index is -0.577. The topological polar surface area (TPSA) is 81.2 Å². The van der Waals surface area contributed by atoms with Gasteiger partial charge in [0.15, 0.2) is 11.5 Å². The number of ether oxygens (including phenoxy) is 1. The van der Waals surface area contributed by atoms with Crippen molar-refractivity contribution in [2.45, 2.75) is 20.3 Å². The zero-order valence-corrected chi connectivity index (χ0v) is 14.5. The first-order valence-corrected chi connectivity index (χ1v) is 8.12. The van der Waals surface area contributed by atoms with E-state index in [1.165, 1.54) is 0 Å². The van der Waals surface area contributed by atoms with E-state index in [4.69, 9.17) is 4.74 Å². The Bertz CT molecular complexity index is 702. The monoisotopic (exact) mass is 383 g/mol. The second-order valence-corrected chi connectivity index (χ2v) is 6.10. The van der Waals surface area contributed by atoms with E-state index in [9.17, 15) is 9.59 Å². The molecule has 116 valence electrons. The molecule has 0 saturated heterocycles.